The Labute approximate surface area is 121 Å². The third-order valence-electron chi connectivity index (χ3n) is 3.24. The Kier molecular flexibility index (Phi) is 4.73. The maximum Gasteiger partial charge on any atom is -0.0111 e. The van der Waals surface area contributed by atoms with Gasteiger partial charge in [-0.2, -0.15) is 0 Å². The Hall–Kier alpha value is -2.34. The van der Waals surface area contributed by atoms with Gasteiger partial charge in [-0.05, 0) is 30.5 Å². The van der Waals surface area contributed by atoms with E-state index in [1.54, 1.807) is 6.08 Å². The van der Waals surface area contributed by atoms with Crippen LogP contribution in [-0.4, -0.2) is 0 Å². The molecule has 0 bridgehead atoms. The lowest BCUT2D eigenvalue weighted by Gasteiger charge is -2.09. The molecular formula is C20H20. The quantitative estimate of drug-likeness (QED) is 0.639. The van der Waals surface area contributed by atoms with Crippen molar-refractivity contribution in [2.45, 2.75) is 13.8 Å². The second-order valence-electron chi connectivity index (χ2n) is 4.93. The van der Waals surface area contributed by atoms with Crippen LogP contribution in [0.2, 0.25) is 0 Å². The van der Waals surface area contributed by atoms with Crippen LogP contribution in [0.5, 0.6) is 0 Å². The topological polar surface area (TPSA) is 0 Å². The molecule has 0 amide bonds. The van der Waals surface area contributed by atoms with E-state index in [9.17, 15) is 0 Å². The van der Waals surface area contributed by atoms with Crippen molar-refractivity contribution >= 4 is 5.57 Å². The summed E-state index contributed by atoms with van der Waals surface area (Å²) in [6.07, 6.45) is 7.90. The van der Waals surface area contributed by atoms with Crippen molar-refractivity contribution in [2.75, 3.05) is 0 Å². The van der Waals surface area contributed by atoms with E-state index < -0.39 is 0 Å². The minimum Gasteiger partial charge on any atom is -0.0991 e. The van der Waals surface area contributed by atoms with Gasteiger partial charge in [-0.25, -0.2) is 0 Å². The third-order valence-corrected chi connectivity index (χ3v) is 3.24. The Morgan fingerprint density at radius 1 is 0.750 bits per heavy atom. The van der Waals surface area contributed by atoms with Gasteiger partial charge >= 0.3 is 0 Å². The summed E-state index contributed by atoms with van der Waals surface area (Å²) in [5, 5.41) is 0. The number of benzene rings is 2. The summed E-state index contributed by atoms with van der Waals surface area (Å²) in [5.41, 5.74) is 6.24. The molecule has 2 aromatic carbocycles. The van der Waals surface area contributed by atoms with Crippen molar-refractivity contribution < 1.29 is 0 Å². The Balaban J connectivity index is 2.46. The maximum absolute atomic E-state index is 3.71. The van der Waals surface area contributed by atoms with Crippen molar-refractivity contribution in [1.82, 2.24) is 0 Å². The molecule has 0 fully saturated rings. The first kappa shape index (κ1) is 14.1. The van der Waals surface area contributed by atoms with Gasteiger partial charge in [0.05, 0.1) is 0 Å². The van der Waals surface area contributed by atoms with Gasteiger partial charge in [0.2, 0.25) is 0 Å². The molecule has 0 aromatic heterocycles. The van der Waals surface area contributed by atoms with Crippen LogP contribution in [0.4, 0.5) is 0 Å². The predicted octanol–water partition coefficient (Wildman–Crippen LogP) is 5.48. The molecule has 100 valence electrons. The molecule has 20 heavy (non-hydrogen) atoms. The second-order valence-corrected chi connectivity index (χ2v) is 4.93. The van der Waals surface area contributed by atoms with Crippen molar-refractivity contribution in [3.05, 3.63) is 102 Å². The van der Waals surface area contributed by atoms with Gasteiger partial charge in [-0.1, -0.05) is 90.5 Å². The second kappa shape index (κ2) is 6.72. The van der Waals surface area contributed by atoms with Crippen LogP contribution in [-0.2, 0) is 0 Å². The highest BCUT2D eigenvalue weighted by Crippen LogP contribution is 2.24. The van der Waals surface area contributed by atoms with E-state index in [1.807, 2.05) is 12.2 Å². The molecule has 0 heterocycles. The summed E-state index contributed by atoms with van der Waals surface area (Å²) >= 11 is 0. The highest BCUT2D eigenvalue weighted by molar-refractivity contribution is 5.81. The molecule has 0 heteroatoms. The first-order chi connectivity index (χ1) is 9.70. The minimum atomic E-state index is 1.23. The highest BCUT2D eigenvalue weighted by Gasteiger charge is 2.03. The summed E-state index contributed by atoms with van der Waals surface area (Å²) in [6.45, 7) is 7.93. The fraction of sp³-hybridized carbons (Fsp3) is 0.100. The molecule has 0 aliphatic heterocycles. The zero-order chi connectivity index (χ0) is 14.4. The zero-order valence-corrected chi connectivity index (χ0v) is 12.1. The molecule has 0 atom stereocenters. The Bertz CT molecular complexity index is 575. The lowest BCUT2D eigenvalue weighted by molar-refractivity contribution is 1.43. The Morgan fingerprint density at radius 2 is 1.20 bits per heavy atom. The minimum absolute atomic E-state index is 1.23. The monoisotopic (exact) mass is 260 g/mol. The fourth-order valence-electron chi connectivity index (χ4n) is 2.06. The van der Waals surface area contributed by atoms with Gasteiger partial charge in [0.1, 0.15) is 0 Å². The van der Waals surface area contributed by atoms with Crippen molar-refractivity contribution in [3.63, 3.8) is 0 Å². The molecule has 0 saturated carbocycles. The van der Waals surface area contributed by atoms with Crippen molar-refractivity contribution in [2.24, 2.45) is 0 Å². The summed E-state index contributed by atoms with van der Waals surface area (Å²) < 4.78 is 0. The molecule has 0 aliphatic rings. The molecule has 0 nitrogen and oxygen atoms in total. The van der Waals surface area contributed by atoms with Gasteiger partial charge in [-0.15, -0.1) is 0 Å². The molecule has 0 N–H and O–H groups in total. The van der Waals surface area contributed by atoms with E-state index in [4.69, 9.17) is 0 Å². The van der Waals surface area contributed by atoms with E-state index in [-0.39, 0.29) is 0 Å². The van der Waals surface area contributed by atoms with E-state index in [1.165, 1.54) is 27.8 Å². The molecule has 0 unspecified atom stereocenters. The number of aryl methyl sites for hydroxylation is 2. The summed E-state index contributed by atoms with van der Waals surface area (Å²) in [5.74, 6) is 0. The van der Waals surface area contributed by atoms with E-state index in [2.05, 4.69) is 75.0 Å². The lowest BCUT2D eigenvalue weighted by Crippen LogP contribution is -1.88. The normalized spacial score (nSPS) is 10.5. The average Bonchev–Trinajstić information content (AvgIpc) is 2.46. The Morgan fingerprint density at radius 3 is 1.60 bits per heavy atom. The highest BCUT2D eigenvalue weighted by atomic mass is 14.1. The number of rotatable bonds is 4. The molecule has 2 rings (SSSR count). The fourth-order valence-corrected chi connectivity index (χ4v) is 2.06. The van der Waals surface area contributed by atoms with Crippen LogP contribution in [0.25, 0.3) is 5.57 Å². The summed E-state index contributed by atoms with van der Waals surface area (Å²) in [7, 11) is 0. The standard InChI is InChI=1S/C20H20/c1-4-5-6-7-20(18-12-8-16(2)9-13-18)19-14-10-17(3)11-15-19/h4-15H,1H2,2-3H3. The first-order valence-electron chi connectivity index (χ1n) is 6.84. The van der Waals surface area contributed by atoms with E-state index in [0.29, 0.717) is 0 Å². The molecule has 0 spiro atoms. The SMILES string of the molecule is C=CC=CC=C(c1ccc(C)cc1)c1ccc(C)cc1. The van der Waals surface area contributed by atoms with Crippen LogP contribution < -0.4 is 0 Å². The van der Waals surface area contributed by atoms with Gasteiger partial charge in [0.25, 0.3) is 0 Å². The number of hydrogen-bond donors (Lipinski definition) is 0. The third kappa shape index (κ3) is 3.58. The van der Waals surface area contributed by atoms with E-state index in [0.717, 1.165) is 0 Å². The smallest absolute Gasteiger partial charge is 0.0111 e. The van der Waals surface area contributed by atoms with Gasteiger partial charge < -0.3 is 0 Å². The molecule has 0 aliphatic carbocycles. The van der Waals surface area contributed by atoms with Crippen molar-refractivity contribution in [1.29, 1.82) is 0 Å². The average molecular weight is 260 g/mol. The van der Waals surface area contributed by atoms with Crippen molar-refractivity contribution in [3.8, 4) is 0 Å². The molecule has 2 aromatic rings. The van der Waals surface area contributed by atoms with Crippen LogP contribution in [0.15, 0.2) is 79.4 Å². The number of allylic oxidation sites excluding steroid dienone is 4. The largest absolute Gasteiger partial charge is 0.0991 e. The summed E-state index contributed by atoms with van der Waals surface area (Å²) in [6, 6.07) is 17.3. The van der Waals surface area contributed by atoms with E-state index >= 15 is 0 Å². The summed E-state index contributed by atoms with van der Waals surface area (Å²) in [4.78, 5) is 0. The van der Waals surface area contributed by atoms with Gasteiger partial charge in [0, 0.05) is 0 Å². The maximum atomic E-state index is 3.71. The predicted molar refractivity (Wildman–Crippen MR) is 88.8 cm³/mol. The van der Waals surface area contributed by atoms with Crippen LogP contribution >= 0.6 is 0 Å². The molecule has 0 saturated heterocycles. The molecule has 0 radical (unpaired) electrons. The van der Waals surface area contributed by atoms with Crippen LogP contribution in [0.3, 0.4) is 0 Å². The number of hydrogen-bond acceptors (Lipinski definition) is 0. The zero-order valence-electron chi connectivity index (χ0n) is 12.1. The van der Waals surface area contributed by atoms with Gasteiger partial charge in [0.15, 0.2) is 0 Å². The van der Waals surface area contributed by atoms with Crippen LogP contribution in [0.1, 0.15) is 22.3 Å². The van der Waals surface area contributed by atoms with Crippen LogP contribution in [0, 0.1) is 13.8 Å². The first-order valence-corrected chi connectivity index (χ1v) is 6.84. The lowest BCUT2D eigenvalue weighted by atomic mass is 9.96. The molecular weight excluding hydrogens is 240 g/mol. The van der Waals surface area contributed by atoms with Gasteiger partial charge in [-0.3, -0.25) is 0 Å².